The lowest BCUT2D eigenvalue weighted by molar-refractivity contribution is -0.116. The maximum Gasteiger partial charge on any atom is 0.247 e. The van der Waals surface area contributed by atoms with Crippen LogP contribution in [0.3, 0.4) is 0 Å². The van der Waals surface area contributed by atoms with Crippen molar-refractivity contribution >= 4 is 17.3 Å². The number of nitrogens with zero attached hydrogens (tertiary/aromatic N) is 3. The molecule has 1 fully saturated rings. The summed E-state index contributed by atoms with van der Waals surface area (Å²) in [5, 5.41) is 11.2. The molecule has 0 radical (unpaired) electrons. The molecule has 6 nitrogen and oxygen atoms in total. The number of hydrogen-bond acceptors (Lipinski definition) is 5. The first-order valence-corrected chi connectivity index (χ1v) is 10.2. The van der Waals surface area contributed by atoms with Crippen molar-refractivity contribution in [2.75, 3.05) is 23.3 Å². The van der Waals surface area contributed by atoms with Gasteiger partial charge in [0, 0.05) is 42.9 Å². The molecule has 3 aromatic rings. The summed E-state index contributed by atoms with van der Waals surface area (Å²) < 4.78 is 5.69. The molecule has 0 saturated carbocycles. The molecule has 1 amide bonds. The standard InChI is InChI=1S/C23H26N4O2/c1-17-16-19(12-13-20(17)27-14-5-6-15-27)24-21(28)10-7-11-22-25-26-23(29-22)18-8-3-2-4-9-18/h2-4,8-9,12-13,16H,5-7,10-11,14-15H2,1H3,(H,24,28). The van der Waals surface area contributed by atoms with Gasteiger partial charge in [0.25, 0.3) is 0 Å². The Labute approximate surface area is 170 Å². The van der Waals surface area contributed by atoms with Crippen LogP contribution in [-0.4, -0.2) is 29.2 Å². The Hall–Kier alpha value is -3.15. The van der Waals surface area contributed by atoms with Gasteiger partial charge in [-0.3, -0.25) is 4.79 Å². The summed E-state index contributed by atoms with van der Waals surface area (Å²) in [6.07, 6.45) is 4.17. The Morgan fingerprint density at radius 3 is 2.66 bits per heavy atom. The summed E-state index contributed by atoms with van der Waals surface area (Å²) in [7, 11) is 0. The van der Waals surface area contributed by atoms with Gasteiger partial charge in [0.1, 0.15) is 0 Å². The van der Waals surface area contributed by atoms with E-state index in [1.54, 1.807) is 0 Å². The van der Waals surface area contributed by atoms with Crippen molar-refractivity contribution < 1.29 is 9.21 Å². The molecule has 29 heavy (non-hydrogen) atoms. The SMILES string of the molecule is Cc1cc(NC(=O)CCCc2nnc(-c3ccccc3)o2)ccc1N1CCCC1. The van der Waals surface area contributed by atoms with Crippen molar-refractivity contribution in [1.29, 1.82) is 0 Å². The van der Waals surface area contributed by atoms with E-state index in [1.165, 1.54) is 24.1 Å². The molecule has 2 heterocycles. The second-order valence-corrected chi connectivity index (χ2v) is 7.46. The second-order valence-electron chi connectivity index (χ2n) is 7.46. The number of anilines is 2. The van der Waals surface area contributed by atoms with Crippen LogP contribution in [-0.2, 0) is 11.2 Å². The quantitative estimate of drug-likeness (QED) is 0.638. The Morgan fingerprint density at radius 1 is 1.10 bits per heavy atom. The smallest absolute Gasteiger partial charge is 0.247 e. The fourth-order valence-electron chi connectivity index (χ4n) is 3.72. The predicted molar refractivity (Wildman–Crippen MR) is 114 cm³/mol. The average molecular weight is 390 g/mol. The van der Waals surface area contributed by atoms with E-state index in [0.717, 1.165) is 24.3 Å². The molecule has 0 unspecified atom stereocenters. The minimum Gasteiger partial charge on any atom is -0.421 e. The van der Waals surface area contributed by atoms with E-state index in [4.69, 9.17) is 4.42 Å². The highest BCUT2D eigenvalue weighted by atomic mass is 16.4. The molecule has 1 N–H and O–H groups in total. The molecule has 6 heteroatoms. The zero-order valence-electron chi connectivity index (χ0n) is 16.7. The van der Waals surface area contributed by atoms with Crippen molar-refractivity contribution in [3.05, 3.63) is 60.0 Å². The number of aromatic nitrogens is 2. The van der Waals surface area contributed by atoms with Crippen LogP contribution in [0.15, 0.2) is 52.9 Å². The third-order valence-electron chi connectivity index (χ3n) is 5.21. The van der Waals surface area contributed by atoms with Crippen molar-refractivity contribution in [3.8, 4) is 11.5 Å². The van der Waals surface area contributed by atoms with Gasteiger partial charge in [0.05, 0.1) is 0 Å². The van der Waals surface area contributed by atoms with E-state index in [1.807, 2.05) is 36.4 Å². The van der Waals surface area contributed by atoms with E-state index >= 15 is 0 Å². The van der Waals surface area contributed by atoms with Gasteiger partial charge in [-0.25, -0.2) is 0 Å². The first kappa shape index (κ1) is 19.2. The van der Waals surface area contributed by atoms with Crippen molar-refractivity contribution in [3.63, 3.8) is 0 Å². The molecule has 1 aliphatic heterocycles. The molecular weight excluding hydrogens is 364 g/mol. The van der Waals surface area contributed by atoms with Crippen LogP contribution in [0.2, 0.25) is 0 Å². The molecule has 0 bridgehead atoms. The number of benzene rings is 2. The number of nitrogens with one attached hydrogen (secondary N) is 1. The van der Waals surface area contributed by atoms with Gasteiger partial charge in [-0.2, -0.15) is 0 Å². The van der Waals surface area contributed by atoms with Gasteiger partial charge >= 0.3 is 0 Å². The van der Waals surface area contributed by atoms with Gasteiger partial charge in [-0.05, 0) is 62.1 Å². The molecule has 0 spiro atoms. The highest BCUT2D eigenvalue weighted by Crippen LogP contribution is 2.27. The number of hydrogen-bond donors (Lipinski definition) is 1. The molecule has 1 saturated heterocycles. The molecule has 0 aliphatic carbocycles. The third kappa shape index (κ3) is 4.83. The monoisotopic (exact) mass is 390 g/mol. The zero-order chi connectivity index (χ0) is 20.1. The fraction of sp³-hybridized carbons (Fsp3) is 0.348. The maximum atomic E-state index is 12.3. The maximum absolute atomic E-state index is 12.3. The highest BCUT2D eigenvalue weighted by Gasteiger charge is 2.15. The Bertz CT molecular complexity index is 962. The molecule has 150 valence electrons. The molecule has 0 atom stereocenters. The van der Waals surface area contributed by atoms with E-state index in [9.17, 15) is 4.79 Å². The van der Waals surface area contributed by atoms with Crippen molar-refractivity contribution in [2.45, 2.75) is 39.0 Å². The molecule has 1 aliphatic rings. The number of carbonyl (C=O) groups is 1. The van der Waals surface area contributed by atoms with Crippen LogP contribution in [0.25, 0.3) is 11.5 Å². The first-order chi connectivity index (χ1) is 14.2. The van der Waals surface area contributed by atoms with Crippen LogP contribution in [0.5, 0.6) is 0 Å². The van der Waals surface area contributed by atoms with Crippen molar-refractivity contribution in [1.82, 2.24) is 10.2 Å². The number of aryl methyl sites for hydroxylation is 2. The Kier molecular flexibility index (Phi) is 5.89. The largest absolute Gasteiger partial charge is 0.421 e. The van der Waals surface area contributed by atoms with Crippen LogP contribution >= 0.6 is 0 Å². The predicted octanol–water partition coefficient (Wildman–Crippen LogP) is 4.61. The zero-order valence-corrected chi connectivity index (χ0v) is 16.7. The minimum atomic E-state index is 0.00104. The van der Waals surface area contributed by atoms with E-state index in [2.05, 4.69) is 39.5 Å². The summed E-state index contributed by atoms with van der Waals surface area (Å²) in [4.78, 5) is 14.7. The van der Waals surface area contributed by atoms with Gasteiger partial charge in [-0.15, -0.1) is 10.2 Å². The van der Waals surface area contributed by atoms with Crippen LogP contribution in [0.1, 0.15) is 37.1 Å². The lowest BCUT2D eigenvalue weighted by atomic mass is 10.1. The normalized spacial score (nSPS) is 13.6. The summed E-state index contributed by atoms with van der Waals surface area (Å²) in [6.45, 7) is 4.34. The number of carbonyl (C=O) groups excluding carboxylic acids is 1. The van der Waals surface area contributed by atoms with Gasteiger partial charge in [0.15, 0.2) is 0 Å². The van der Waals surface area contributed by atoms with Gasteiger partial charge < -0.3 is 14.6 Å². The Balaban J connectivity index is 1.26. The second kappa shape index (κ2) is 8.90. The molecular formula is C23H26N4O2. The summed E-state index contributed by atoms with van der Waals surface area (Å²) in [5.74, 6) is 1.07. The summed E-state index contributed by atoms with van der Waals surface area (Å²) in [5.41, 5.74) is 4.21. The average Bonchev–Trinajstić information content (AvgIpc) is 3.41. The highest BCUT2D eigenvalue weighted by molar-refractivity contribution is 5.91. The number of rotatable bonds is 7. The van der Waals surface area contributed by atoms with Gasteiger partial charge in [0.2, 0.25) is 17.7 Å². The third-order valence-corrected chi connectivity index (χ3v) is 5.21. The molecule has 4 rings (SSSR count). The number of amides is 1. The van der Waals surface area contributed by atoms with E-state index in [0.29, 0.717) is 31.0 Å². The lowest BCUT2D eigenvalue weighted by Crippen LogP contribution is -2.19. The van der Waals surface area contributed by atoms with E-state index < -0.39 is 0 Å². The summed E-state index contributed by atoms with van der Waals surface area (Å²) >= 11 is 0. The minimum absolute atomic E-state index is 0.00104. The Morgan fingerprint density at radius 2 is 1.90 bits per heavy atom. The lowest BCUT2D eigenvalue weighted by Gasteiger charge is -2.20. The van der Waals surface area contributed by atoms with E-state index in [-0.39, 0.29) is 5.91 Å². The molecule has 1 aromatic heterocycles. The fourth-order valence-corrected chi connectivity index (χ4v) is 3.72. The first-order valence-electron chi connectivity index (χ1n) is 10.2. The van der Waals surface area contributed by atoms with Crippen LogP contribution < -0.4 is 10.2 Å². The summed E-state index contributed by atoms with van der Waals surface area (Å²) in [6, 6.07) is 15.8. The van der Waals surface area contributed by atoms with Crippen LogP contribution in [0.4, 0.5) is 11.4 Å². The van der Waals surface area contributed by atoms with Gasteiger partial charge in [-0.1, -0.05) is 18.2 Å². The topological polar surface area (TPSA) is 71.3 Å². The van der Waals surface area contributed by atoms with Crippen molar-refractivity contribution in [2.24, 2.45) is 0 Å². The molecule has 2 aromatic carbocycles. The van der Waals surface area contributed by atoms with Crippen LogP contribution in [0, 0.1) is 6.92 Å².